The van der Waals surface area contributed by atoms with Crippen molar-refractivity contribution in [1.82, 2.24) is 15.3 Å². The van der Waals surface area contributed by atoms with Gasteiger partial charge in [0.1, 0.15) is 11.6 Å². The average Bonchev–Trinajstić information content (AvgIpc) is 3.24. The molecule has 0 aliphatic heterocycles. The molecule has 140 valence electrons. The van der Waals surface area contributed by atoms with Gasteiger partial charge in [-0.3, -0.25) is 4.79 Å². The SMILES string of the molecule is O=C(NC1(c2cc(F)ccc2F)CCCC1)c1cc(Cl)c2[nH]c(=O)[nH]c2c1. The summed E-state index contributed by atoms with van der Waals surface area (Å²) >= 11 is 6.15. The normalized spacial score (nSPS) is 16.0. The van der Waals surface area contributed by atoms with Gasteiger partial charge in [0, 0.05) is 11.1 Å². The number of carbonyl (C=O) groups excluding carboxylic acids is 1. The molecule has 2 aromatic carbocycles. The first kappa shape index (κ1) is 17.7. The summed E-state index contributed by atoms with van der Waals surface area (Å²) in [6.07, 6.45) is 2.61. The van der Waals surface area contributed by atoms with Crippen molar-refractivity contribution in [2.24, 2.45) is 0 Å². The molecule has 0 spiro atoms. The number of carbonyl (C=O) groups is 1. The molecule has 1 aliphatic rings. The average molecular weight is 392 g/mol. The third kappa shape index (κ3) is 3.12. The number of benzene rings is 2. The lowest BCUT2D eigenvalue weighted by molar-refractivity contribution is 0.0896. The molecule has 4 rings (SSSR count). The molecule has 27 heavy (non-hydrogen) atoms. The van der Waals surface area contributed by atoms with Gasteiger partial charge in [-0.05, 0) is 43.2 Å². The molecular formula is C19H16ClF2N3O2. The number of amides is 1. The smallest absolute Gasteiger partial charge is 0.323 e. The van der Waals surface area contributed by atoms with E-state index < -0.39 is 28.8 Å². The lowest BCUT2D eigenvalue weighted by Gasteiger charge is -2.31. The first-order valence-corrected chi connectivity index (χ1v) is 8.95. The lowest BCUT2D eigenvalue weighted by Crippen LogP contribution is -2.44. The van der Waals surface area contributed by atoms with Crippen molar-refractivity contribution >= 4 is 28.5 Å². The Kier molecular flexibility index (Phi) is 4.26. The van der Waals surface area contributed by atoms with Gasteiger partial charge in [-0.15, -0.1) is 0 Å². The summed E-state index contributed by atoms with van der Waals surface area (Å²) in [5.41, 5.74) is -0.226. The minimum atomic E-state index is -0.976. The molecule has 3 N–H and O–H groups in total. The van der Waals surface area contributed by atoms with Crippen LogP contribution in [0.5, 0.6) is 0 Å². The Morgan fingerprint density at radius 3 is 2.59 bits per heavy atom. The van der Waals surface area contributed by atoms with Crippen LogP contribution in [0.15, 0.2) is 35.1 Å². The van der Waals surface area contributed by atoms with Crippen molar-refractivity contribution in [2.75, 3.05) is 0 Å². The summed E-state index contributed by atoms with van der Waals surface area (Å²) in [6, 6.07) is 6.21. The second-order valence-electron chi connectivity index (χ2n) is 6.83. The third-order valence-electron chi connectivity index (χ3n) is 5.09. The number of hydrogen-bond acceptors (Lipinski definition) is 2. The molecular weight excluding hydrogens is 376 g/mol. The molecule has 1 amide bonds. The minimum absolute atomic E-state index is 0.149. The van der Waals surface area contributed by atoms with Crippen LogP contribution in [0, 0.1) is 11.6 Å². The lowest BCUT2D eigenvalue weighted by atomic mass is 9.87. The molecule has 1 heterocycles. The Balaban J connectivity index is 1.73. The van der Waals surface area contributed by atoms with Gasteiger partial charge in [0.05, 0.1) is 21.6 Å². The molecule has 0 unspecified atom stereocenters. The van der Waals surface area contributed by atoms with Gasteiger partial charge in [-0.25, -0.2) is 13.6 Å². The zero-order valence-corrected chi connectivity index (χ0v) is 14.9. The van der Waals surface area contributed by atoms with Gasteiger partial charge in [-0.2, -0.15) is 0 Å². The molecule has 0 radical (unpaired) electrons. The van der Waals surface area contributed by atoms with Crippen LogP contribution >= 0.6 is 11.6 Å². The van der Waals surface area contributed by atoms with Crippen molar-refractivity contribution in [3.05, 3.63) is 68.6 Å². The number of fused-ring (bicyclic) bond motifs is 1. The van der Waals surface area contributed by atoms with Gasteiger partial charge in [-0.1, -0.05) is 24.4 Å². The van der Waals surface area contributed by atoms with Gasteiger partial charge in [0.15, 0.2) is 0 Å². The zero-order valence-electron chi connectivity index (χ0n) is 14.2. The number of nitrogens with one attached hydrogen (secondary N) is 3. The van der Waals surface area contributed by atoms with Crippen LogP contribution in [0.2, 0.25) is 5.02 Å². The van der Waals surface area contributed by atoms with Crippen LogP contribution in [-0.4, -0.2) is 15.9 Å². The maximum absolute atomic E-state index is 14.4. The van der Waals surface area contributed by atoms with Crippen LogP contribution < -0.4 is 11.0 Å². The van der Waals surface area contributed by atoms with Gasteiger partial charge >= 0.3 is 5.69 Å². The van der Waals surface area contributed by atoms with E-state index in [9.17, 15) is 18.4 Å². The van der Waals surface area contributed by atoms with Crippen LogP contribution in [0.25, 0.3) is 11.0 Å². The molecule has 0 saturated heterocycles. The quantitative estimate of drug-likeness (QED) is 0.631. The number of imidazole rings is 1. The predicted molar refractivity (Wildman–Crippen MR) is 97.9 cm³/mol. The number of rotatable bonds is 3. The summed E-state index contributed by atoms with van der Waals surface area (Å²) in [7, 11) is 0. The van der Waals surface area contributed by atoms with E-state index in [0.29, 0.717) is 23.9 Å². The van der Waals surface area contributed by atoms with Gasteiger partial charge in [0.25, 0.3) is 5.91 Å². The fourth-order valence-corrected chi connectivity index (χ4v) is 4.09. The monoisotopic (exact) mass is 391 g/mol. The number of H-pyrrole nitrogens is 2. The van der Waals surface area contributed by atoms with Crippen molar-refractivity contribution in [3.63, 3.8) is 0 Å². The van der Waals surface area contributed by atoms with Crippen molar-refractivity contribution < 1.29 is 13.6 Å². The molecule has 3 aromatic rings. The third-order valence-corrected chi connectivity index (χ3v) is 5.39. The van der Waals surface area contributed by atoms with Crippen LogP contribution in [0.3, 0.4) is 0 Å². The first-order valence-electron chi connectivity index (χ1n) is 8.58. The summed E-state index contributed by atoms with van der Waals surface area (Å²) in [6.45, 7) is 0. The standard InChI is InChI=1S/C19H16ClF2N3O2/c20-13-7-10(8-15-16(13)24-18(27)23-15)17(26)25-19(5-1-2-6-19)12-9-11(21)3-4-14(12)22/h3-4,7-9H,1-2,5-6H2,(H,25,26)(H2,23,24,27). The molecule has 1 fully saturated rings. The van der Waals surface area contributed by atoms with Crippen molar-refractivity contribution in [2.45, 2.75) is 31.2 Å². The Morgan fingerprint density at radius 1 is 1.11 bits per heavy atom. The molecule has 5 nitrogen and oxygen atoms in total. The van der Waals surface area contributed by atoms with Crippen LogP contribution in [-0.2, 0) is 5.54 Å². The fourth-order valence-electron chi connectivity index (χ4n) is 3.82. The van der Waals surface area contributed by atoms with Crippen LogP contribution in [0.1, 0.15) is 41.6 Å². The number of aromatic nitrogens is 2. The van der Waals surface area contributed by atoms with E-state index in [2.05, 4.69) is 15.3 Å². The summed E-state index contributed by atoms with van der Waals surface area (Å²) in [5, 5.41) is 3.10. The highest BCUT2D eigenvalue weighted by Gasteiger charge is 2.39. The topological polar surface area (TPSA) is 77.8 Å². The summed E-state index contributed by atoms with van der Waals surface area (Å²) in [5.74, 6) is -1.57. The van der Waals surface area contributed by atoms with Gasteiger partial charge in [0.2, 0.25) is 0 Å². The Bertz CT molecular complexity index is 1100. The van der Waals surface area contributed by atoms with Gasteiger partial charge < -0.3 is 15.3 Å². The molecule has 0 atom stereocenters. The second-order valence-corrected chi connectivity index (χ2v) is 7.23. The first-order chi connectivity index (χ1) is 12.9. The minimum Gasteiger partial charge on any atom is -0.342 e. The highest BCUT2D eigenvalue weighted by molar-refractivity contribution is 6.35. The number of aromatic amines is 2. The highest BCUT2D eigenvalue weighted by atomic mass is 35.5. The molecule has 8 heteroatoms. The Labute approximate surface area is 157 Å². The molecule has 1 aliphatic carbocycles. The molecule has 1 saturated carbocycles. The van der Waals surface area contributed by atoms with E-state index in [1.54, 1.807) is 0 Å². The maximum atomic E-state index is 14.4. The molecule has 1 aromatic heterocycles. The second kappa shape index (κ2) is 6.49. The summed E-state index contributed by atoms with van der Waals surface area (Å²) < 4.78 is 28.1. The van der Waals surface area contributed by atoms with E-state index in [1.807, 2.05) is 0 Å². The Hall–Kier alpha value is -2.67. The summed E-state index contributed by atoms with van der Waals surface area (Å²) in [4.78, 5) is 29.5. The highest BCUT2D eigenvalue weighted by Crippen LogP contribution is 2.40. The molecule has 0 bridgehead atoms. The van der Waals surface area contributed by atoms with Crippen molar-refractivity contribution in [3.8, 4) is 0 Å². The zero-order chi connectivity index (χ0) is 19.2. The largest absolute Gasteiger partial charge is 0.342 e. The van der Waals surface area contributed by atoms with E-state index >= 15 is 0 Å². The Morgan fingerprint density at radius 2 is 1.85 bits per heavy atom. The predicted octanol–water partition coefficient (Wildman–Crippen LogP) is 3.99. The van der Waals surface area contributed by atoms with E-state index in [0.717, 1.165) is 31.0 Å². The fraction of sp³-hybridized carbons (Fsp3) is 0.263. The number of hydrogen-bond donors (Lipinski definition) is 3. The van der Waals surface area contributed by atoms with E-state index in [4.69, 9.17) is 11.6 Å². The van der Waals surface area contributed by atoms with E-state index in [1.165, 1.54) is 12.1 Å². The van der Waals surface area contributed by atoms with Crippen molar-refractivity contribution in [1.29, 1.82) is 0 Å². The maximum Gasteiger partial charge on any atom is 0.323 e. The van der Waals surface area contributed by atoms with E-state index in [-0.39, 0.29) is 16.1 Å². The number of halogens is 3. The van der Waals surface area contributed by atoms with Crippen LogP contribution in [0.4, 0.5) is 8.78 Å².